The number of aliphatic hydroxyl groups excluding tert-OH is 1. The van der Waals surface area contributed by atoms with Crippen molar-refractivity contribution in [3.8, 4) is 11.3 Å². The molecule has 0 saturated heterocycles. The highest BCUT2D eigenvalue weighted by atomic mass is 16.3. The van der Waals surface area contributed by atoms with Gasteiger partial charge in [0.2, 0.25) is 5.91 Å². The highest BCUT2D eigenvalue weighted by Crippen LogP contribution is 2.14. The topological polar surface area (TPSA) is 80.0 Å². The molecule has 0 aliphatic heterocycles. The molecule has 1 aromatic heterocycles. The first-order valence-corrected chi connectivity index (χ1v) is 8.15. The van der Waals surface area contributed by atoms with Gasteiger partial charge >= 0.3 is 0 Å². The van der Waals surface area contributed by atoms with Crippen LogP contribution in [0.2, 0.25) is 0 Å². The lowest BCUT2D eigenvalue weighted by Crippen LogP contribution is -2.35. The molecule has 0 spiro atoms. The molecular formula is C19H20N4O2. The first-order valence-electron chi connectivity index (χ1n) is 8.15. The van der Waals surface area contributed by atoms with Gasteiger partial charge < -0.3 is 10.4 Å². The zero-order chi connectivity index (χ0) is 17.5. The van der Waals surface area contributed by atoms with Crippen molar-refractivity contribution in [3.05, 3.63) is 72.4 Å². The van der Waals surface area contributed by atoms with E-state index in [4.69, 9.17) is 0 Å². The van der Waals surface area contributed by atoms with E-state index in [2.05, 4.69) is 15.6 Å². The van der Waals surface area contributed by atoms with Crippen LogP contribution in [0.15, 0.2) is 66.9 Å². The highest BCUT2D eigenvalue weighted by Gasteiger charge is 2.10. The van der Waals surface area contributed by atoms with Gasteiger partial charge in [-0.15, -0.1) is 5.10 Å². The van der Waals surface area contributed by atoms with Crippen LogP contribution in [0.1, 0.15) is 5.56 Å². The van der Waals surface area contributed by atoms with Crippen molar-refractivity contribution in [1.29, 1.82) is 0 Å². The van der Waals surface area contributed by atoms with Crippen LogP contribution in [-0.2, 0) is 17.8 Å². The Balaban J connectivity index is 1.47. The normalized spacial score (nSPS) is 11.9. The SMILES string of the molecule is O=C(Cn1cc(-c2ccccc2)nn1)NCC(O)Cc1ccccc1. The van der Waals surface area contributed by atoms with E-state index in [9.17, 15) is 9.90 Å². The standard InChI is InChI=1S/C19H20N4O2/c24-17(11-15-7-3-1-4-8-15)12-20-19(25)14-23-13-18(21-22-23)16-9-5-2-6-10-16/h1-10,13,17,24H,11-12,14H2,(H,20,25). The third kappa shape index (κ3) is 4.99. The Labute approximate surface area is 146 Å². The number of hydrogen-bond acceptors (Lipinski definition) is 4. The molecule has 1 atom stereocenters. The molecule has 0 fully saturated rings. The smallest absolute Gasteiger partial charge is 0.241 e. The van der Waals surface area contributed by atoms with Crippen molar-refractivity contribution < 1.29 is 9.90 Å². The summed E-state index contributed by atoms with van der Waals surface area (Å²) in [7, 11) is 0. The number of amides is 1. The van der Waals surface area contributed by atoms with E-state index in [0.717, 1.165) is 16.8 Å². The molecule has 3 aromatic rings. The summed E-state index contributed by atoms with van der Waals surface area (Å²) in [6.45, 7) is 0.270. The summed E-state index contributed by atoms with van der Waals surface area (Å²) in [5.74, 6) is -0.211. The molecule has 3 rings (SSSR count). The molecule has 0 aliphatic rings. The molecule has 1 heterocycles. The van der Waals surface area contributed by atoms with Crippen LogP contribution in [0.5, 0.6) is 0 Å². The van der Waals surface area contributed by atoms with Crippen LogP contribution in [0.25, 0.3) is 11.3 Å². The monoisotopic (exact) mass is 336 g/mol. The highest BCUT2D eigenvalue weighted by molar-refractivity contribution is 5.75. The van der Waals surface area contributed by atoms with Crippen molar-refractivity contribution in [3.63, 3.8) is 0 Å². The Morgan fingerprint density at radius 3 is 2.48 bits per heavy atom. The number of benzene rings is 2. The predicted molar refractivity (Wildman–Crippen MR) is 94.6 cm³/mol. The Morgan fingerprint density at radius 2 is 1.76 bits per heavy atom. The minimum absolute atomic E-state index is 0.0674. The Bertz CT molecular complexity index is 803. The second-order valence-corrected chi connectivity index (χ2v) is 5.82. The number of nitrogens with zero attached hydrogens (tertiary/aromatic N) is 3. The summed E-state index contributed by atoms with van der Waals surface area (Å²) in [5.41, 5.74) is 2.71. The average molecular weight is 336 g/mol. The van der Waals surface area contributed by atoms with Crippen molar-refractivity contribution in [2.24, 2.45) is 0 Å². The van der Waals surface area contributed by atoms with Crippen LogP contribution in [-0.4, -0.2) is 38.7 Å². The molecule has 0 aliphatic carbocycles. The molecule has 2 N–H and O–H groups in total. The first-order chi connectivity index (χ1) is 12.2. The minimum atomic E-state index is -0.623. The number of aliphatic hydroxyl groups is 1. The number of carbonyl (C=O) groups excluding carboxylic acids is 1. The molecular weight excluding hydrogens is 316 g/mol. The van der Waals surface area contributed by atoms with Gasteiger partial charge in [0.1, 0.15) is 12.2 Å². The molecule has 2 aromatic carbocycles. The van der Waals surface area contributed by atoms with Gasteiger partial charge in [0.15, 0.2) is 0 Å². The van der Waals surface area contributed by atoms with E-state index >= 15 is 0 Å². The van der Waals surface area contributed by atoms with E-state index in [1.807, 2.05) is 60.7 Å². The summed E-state index contributed by atoms with van der Waals surface area (Å²) in [6.07, 6.45) is 1.61. The van der Waals surface area contributed by atoms with E-state index < -0.39 is 6.10 Å². The van der Waals surface area contributed by atoms with E-state index in [0.29, 0.717) is 6.42 Å². The predicted octanol–water partition coefficient (Wildman–Crippen LogP) is 1.66. The number of rotatable bonds is 7. The molecule has 0 saturated carbocycles. The van der Waals surface area contributed by atoms with Crippen LogP contribution >= 0.6 is 0 Å². The zero-order valence-corrected chi connectivity index (χ0v) is 13.7. The maximum atomic E-state index is 12.0. The van der Waals surface area contributed by atoms with Gasteiger partial charge in [-0.25, -0.2) is 4.68 Å². The van der Waals surface area contributed by atoms with Crippen LogP contribution < -0.4 is 5.32 Å². The molecule has 6 nitrogen and oxygen atoms in total. The molecule has 0 bridgehead atoms. The minimum Gasteiger partial charge on any atom is -0.391 e. The number of hydrogen-bond donors (Lipinski definition) is 2. The first kappa shape index (κ1) is 16.9. The van der Waals surface area contributed by atoms with Crippen molar-refractivity contribution in [2.75, 3.05) is 6.54 Å². The van der Waals surface area contributed by atoms with Crippen LogP contribution in [0.3, 0.4) is 0 Å². The quantitative estimate of drug-likeness (QED) is 0.688. The van der Waals surface area contributed by atoms with E-state index in [1.54, 1.807) is 6.20 Å². The van der Waals surface area contributed by atoms with E-state index in [-0.39, 0.29) is 19.0 Å². The van der Waals surface area contributed by atoms with Crippen molar-refractivity contribution >= 4 is 5.91 Å². The maximum Gasteiger partial charge on any atom is 0.241 e. The molecule has 6 heteroatoms. The number of aromatic nitrogens is 3. The molecule has 1 unspecified atom stereocenters. The van der Waals surface area contributed by atoms with Crippen molar-refractivity contribution in [2.45, 2.75) is 19.1 Å². The second-order valence-electron chi connectivity index (χ2n) is 5.82. The summed E-state index contributed by atoms with van der Waals surface area (Å²) >= 11 is 0. The van der Waals surface area contributed by atoms with Gasteiger partial charge in [0.25, 0.3) is 0 Å². The van der Waals surface area contributed by atoms with Gasteiger partial charge in [-0.1, -0.05) is 65.9 Å². The largest absolute Gasteiger partial charge is 0.391 e. The fourth-order valence-corrected chi connectivity index (χ4v) is 2.51. The van der Waals surface area contributed by atoms with Gasteiger partial charge in [0.05, 0.1) is 12.3 Å². The summed E-state index contributed by atoms with van der Waals surface area (Å²) in [5, 5.41) is 20.8. The third-order valence-electron chi connectivity index (χ3n) is 3.76. The summed E-state index contributed by atoms with van der Waals surface area (Å²) in [6, 6.07) is 19.3. The average Bonchev–Trinajstić information content (AvgIpc) is 3.10. The van der Waals surface area contributed by atoms with Crippen LogP contribution in [0, 0.1) is 0 Å². The molecule has 1 amide bonds. The van der Waals surface area contributed by atoms with E-state index in [1.165, 1.54) is 4.68 Å². The van der Waals surface area contributed by atoms with Gasteiger partial charge in [0, 0.05) is 18.5 Å². The van der Waals surface area contributed by atoms with Crippen LogP contribution in [0.4, 0.5) is 0 Å². The summed E-state index contributed by atoms with van der Waals surface area (Å²) < 4.78 is 1.49. The van der Waals surface area contributed by atoms with Gasteiger partial charge in [-0.05, 0) is 5.56 Å². The molecule has 0 radical (unpaired) electrons. The fourth-order valence-electron chi connectivity index (χ4n) is 2.51. The maximum absolute atomic E-state index is 12.0. The zero-order valence-electron chi connectivity index (χ0n) is 13.7. The second kappa shape index (κ2) is 8.21. The lowest BCUT2D eigenvalue weighted by molar-refractivity contribution is -0.122. The lowest BCUT2D eigenvalue weighted by Gasteiger charge is -2.11. The number of carbonyl (C=O) groups is 1. The van der Waals surface area contributed by atoms with Gasteiger partial charge in [-0.3, -0.25) is 4.79 Å². The third-order valence-corrected chi connectivity index (χ3v) is 3.76. The molecule has 25 heavy (non-hydrogen) atoms. The Hall–Kier alpha value is -2.99. The van der Waals surface area contributed by atoms with Crippen molar-refractivity contribution in [1.82, 2.24) is 20.3 Å². The lowest BCUT2D eigenvalue weighted by atomic mass is 10.1. The Kier molecular flexibility index (Phi) is 5.53. The molecule has 128 valence electrons. The summed E-state index contributed by atoms with van der Waals surface area (Å²) in [4.78, 5) is 12.0. The number of nitrogens with one attached hydrogen (secondary N) is 1. The Morgan fingerprint density at radius 1 is 1.08 bits per heavy atom. The van der Waals surface area contributed by atoms with Gasteiger partial charge in [-0.2, -0.15) is 0 Å². The fraction of sp³-hybridized carbons (Fsp3) is 0.211.